The fourth-order valence-electron chi connectivity index (χ4n) is 3.48. The van der Waals surface area contributed by atoms with Crippen LogP contribution in [0, 0.1) is 5.92 Å². The first kappa shape index (κ1) is 14.2. The molecular formula is C16H25NO2. The van der Waals surface area contributed by atoms with Gasteiger partial charge in [-0.3, -0.25) is 0 Å². The van der Waals surface area contributed by atoms with Crippen LogP contribution in [0.2, 0.25) is 0 Å². The van der Waals surface area contributed by atoms with Gasteiger partial charge in [0.25, 0.3) is 0 Å². The highest BCUT2D eigenvalue weighted by atomic mass is 16.5. The molecule has 0 radical (unpaired) electrons. The van der Waals surface area contributed by atoms with Crippen molar-refractivity contribution < 1.29 is 9.47 Å². The van der Waals surface area contributed by atoms with Crippen molar-refractivity contribution >= 4 is 0 Å². The van der Waals surface area contributed by atoms with Crippen molar-refractivity contribution in [3.8, 4) is 11.5 Å². The van der Waals surface area contributed by atoms with Crippen LogP contribution in [0.15, 0.2) is 18.2 Å². The normalized spacial score (nSPS) is 27.1. The van der Waals surface area contributed by atoms with E-state index >= 15 is 0 Å². The molecule has 0 saturated heterocycles. The van der Waals surface area contributed by atoms with Crippen molar-refractivity contribution in [1.29, 1.82) is 0 Å². The van der Waals surface area contributed by atoms with Gasteiger partial charge in [0.05, 0.1) is 25.3 Å². The lowest BCUT2D eigenvalue weighted by Crippen LogP contribution is -2.46. The van der Waals surface area contributed by atoms with E-state index in [1.54, 1.807) is 14.2 Å². The maximum Gasteiger partial charge on any atom is 0.127 e. The molecule has 1 aromatic rings. The Morgan fingerprint density at radius 3 is 2.37 bits per heavy atom. The van der Waals surface area contributed by atoms with Gasteiger partial charge in [-0.1, -0.05) is 32.3 Å². The average molecular weight is 263 g/mol. The topological polar surface area (TPSA) is 44.5 Å². The van der Waals surface area contributed by atoms with Gasteiger partial charge in [-0.25, -0.2) is 0 Å². The second-order valence-corrected chi connectivity index (χ2v) is 5.43. The van der Waals surface area contributed by atoms with E-state index in [1.165, 1.54) is 19.3 Å². The number of nitrogens with two attached hydrogens (primary N) is 1. The van der Waals surface area contributed by atoms with Crippen molar-refractivity contribution in [1.82, 2.24) is 0 Å². The molecule has 0 amide bonds. The second-order valence-electron chi connectivity index (χ2n) is 5.43. The van der Waals surface area contributed by atoms with Crippen LogP contribution in [-0.2, 0) is 5.54 Å². The summed E-state index contributed by atoms with van der Waals surface area (Å²) in [4.78, 5) is 0. The number of benzene rings is 1. The first-order chi connectivity index (χ1) is 9.17. The average Bonchev–Trinajstić information content (AvgIpc) is 2.46. The molecule has 0 heterocycles. The molecule has 3 nitrogen and oxygen atoms in total. The van der Waals surface area contributed by atoms with Crippen molar-refractivity contribution in [3.63, 3.8) is 0 Å². The predicted octanol–water partition coefficient (Wildman–Crippen LogP) is 3.46. The SMILES string of the molecule is CCC1CCCCC1(N)c1c(OC)cccc1OC. The highest BCUT2D eigenvalue weighted by Gasteiger charge is 2.41. The first-order valence-electron chi connectivity index (χ1n) is 7.17. The maximum atomic E-state index is 6.83. The van der Waals surface area contributed by atoms with Gasteiger partial charge >= 0.3 is 0 Å². The Kier molecular flexibility index (Phi) is 4.35. The second kappa shape index (κ2) is 5.83. The third-order valence-corrected chi connectivity index (χ3v) is 4.51. The Morgan fingerprint density at radius 1 is 1.21 bits per heavy atom. The molecule has 106 valence electrons. The first-order valence-corrected chi connectivity index (χ1v) is 7.17. The molecule has 1 aliphatic rings. The summed E-state index contributed by atoms with van der Waals surface area (Å²) in [6, 6.07) is 5.91. The Bertz CT molecular complexity index is 411. The van der Waals surface area contributed by atoms with Gasteiger partial charge in [0, 0.05) is 0 Å². The standard InChI is InChI=1S/C16H25NO2/c1-4-12-8-5-6-11-16(12,17)15-13(18-2)9-7-10-14(15)19-3/h7,9-10,12H,4-6,8,11,17H2,1-3H3. The zero-order valence-corrected chi connectivity index (χ0v) is 12.2. The molecule has 0 bridgehead atoms. The van der Waals surface area contributed by atoms with E-state index in [9.17, 15) is 0 Å². The number of hydrogen-bond acceptors (Lipinski definition) is 3. The van der Waals surface area contributed by atoms with E-state index < -0.39 is 0 Å². The summed E-state index contributed by atoms with van der Waals surface area (Å²) in [7, 11) is 3.40. The van der Waals surface area contributed by atoms with Crippen molar-refractivity contribution in [3.05, 3.63) is 23.8 Å². The summed E-state index contributed by atoms with van der Waals surface area (Å²) in [6.07, 6.45) is 5.73. The van der Waals surface area contributed by atoms with Crippen LogP contribution < -0.4 is 15.2 Å². The molecule has 1 saturated carbocycles. The molecule has 1 aromatic carbocycles. The van der Waals surface area contributed by atoms with Gasteiger partial charge in [-0.15, -0.1) is 0 Å². The fourth-order valence-corrected chi connectivity index (χ4v) is 3.48. The van der Waals surface area contributed by atoms with Crippen LogP contribution in [0.5, 0.6) is 11.5 Å². The van der Waals surface area contributed by atoms with Crippen LogP contribution in [0.3, 0.4) is 0 Å². The molecule has 1 aliphatic carbocycles. The lowest BCUT2D eigenvalue weighted by molar-refractivity contribution is 0.174. The van der Waals surface area contributed by atoms with Crippen molar-refractivity contribution in [2.75, 3.05) is 14.2 Å². The van der Waals surface area contributed by atoms with Crippen LogP contribution >= 0.6 is 0 Å². The predicted molar refractivity (Wildman–Crippen MR) is 77.7 cm³/mol. The minimum Gasteiger partial charge on any atom is -0.496 e. The van der Waals surface area contributed by atoms with E-state index in [0.29, 0.717) is 5.92 Å². The minimum atomic E-state index is -0.328. The van der Waals surface area contributed by atoms with Gasteiger partial charge in [0.15, 0.2) is 0 Å². The minimum absolute atomic E-state index is 0.328. The maximum absolute atomic E-state index is 6.83. The summed E-state index contributed by atoms with van der Waals surface area (Å²) in [5, 5.41) is 0. The molecule has 0 aromatic heterocycles. The summed E-state index contributed by atoms with van der Waals surface area (Å²) >= 11 is 0. The number of rotatable bonds is 4. The van der Waals surface area contributed by atoms with Crippen LogP contribution in [-0.4, -0.2) is 14.2 Å². The molecule has 0 spiro atoms. The summed E-state index contributed by atoms with van der Waals surface area (Å²) in [5.41, 5.74) is 7.55. The van der Waals surface area contributed by atoms with Crippen LogP contribution in [0.25, 0.3) is 0 Å². The lowest BCUT2D eigenvalue weighted by atomic mass is 9.68. The Morgan fingerprint density at radius 2 is 1.84 bits per heavy atom. The monoisotopic (exact) mass is 263 g/mol. The lowest BCUT2D eigenvalue weighted by Gasteiger charge is -2.42. The molecule has 3 heteroatoms. The zero-order valence-electron chi connectivity index (χ0n) is 12.2. The third-order valence-electron chi connectivity index (χ3n) is 4.51. The Balaban J connectivity index is 2.54. The van der Waals surface area contributed by atoms with Gasteiger partial charge in [0.1, 0.15) is 11.5 Å². The van der Waals surface area contributed by atoms with E-state index in [2.05, 4.69) is 6.92 Å². The molecule has 19 heavy (non-hydrogen) atoms. The molecule has 2 rings (SSSR count). The molecule has 2 atom stereocenters. The molecule has 2 N–H and O–H groups in total. The fraction of sp³-hybridized carbons (Fsp3) is 0.625. The summed E-state index contributed by atoms with van der Waals surface area (Å²) < 4.78 is 11.1. The van der Waals surface area contributed by atoms with Gasteiger partial charge in [-0.05, 0) is 30.9 Å². The van der Waals surface area contributed by atoms with Crippen molar-refractivity contribution in [2.24, 2.45) is 11.7 Å². The van der Waals surface area contributed by atoms with E-state index in [1.807, 2.05) is 18.2 Å². The molecular weight excluding hydrogens is 238 g/mol. The molecule has 2 unspecified atom stereocenters. The largest absolute Gasteiger partial charge is 0.496 e. The zero-order chi connectivity index (χ0) is 13.9. The number of methoxy groups -OCH3 is 2. The summed E-state index contributed by atoms with van der Waals surface area (Å²) in [6.45, 7) is 2.22. The van der Waals surface area contributed by atoms with Gasteiger partial charge < -0.3 is 15.2 Å². The smallest absolute Gasteiger partial charge is 0.127 e. The van der Waals surface area contributed by atoms with Crippen LogP contribution in [0.4, 0.5) is 0 Å². The number of ether oxygens (including phenoxy) is 2. The highest BCUT2D eigenvalue weighted by molar-refractivity contribution is 5.50. The van der Waals surface area contributed by atoms with Crippen molar-refractivity contribution in [2.45, 2.75) is 44.6 Å². The van der Waals surface area contributed by atoms with Gasteiger partial charge in [-0.2, -0.15) is 0 Å². The quantitative estimate of drug-likeness (QED) is 0.904. The van der Waals surface area contributed by atoms with Gasteiger partial charge in [0.2, 0.25) is 0 Å². The third kappa shape index (κ3) is 2.44. The van der Waals surface area contributed by atoms with E-state index in [-0.39, 0.29) is 5.54 Å². The number of hydrogen-bond donors (Lipinski definition) is 1. The van der Waals surface area contributed by atoms with Crippen LogP contribution in [0.1, 0.15) is 44.6 Å². The van der Waals surface area contributed by atoms with E-state index in [4.69, 9.17) is 15.2 Å². The molecule has 0 aliphatic heterocycles. The van der Waals surface area contributed by atoms with E-state index in [0.717, 1.165) is 29.9 Å². The Hall–Kier alpha value is -1.22. The summed E-state index contributed by atoms with van der Waals surface area (Å²) in [5.74, 6) is 2.19. The Labute approximate surface area is 116 Å². The molecule has 1 fully saturated rings. The highest BCUT2D eigenvalue weighted by Crippen LogP contribution is 2.48.